The highest BCUT2D eigenvalue weighted by Crippen LogP contribution is 2.23. The van der Waals surface area contributed by atoms with Crippen LogP contribution in [0.25, 0.3) is 11.4 Å². The van der Waals surface area contributed by atoms with Crippen LogP contribution in [0.3, 0.4) is 0 Å². The van der Waals surface area contributed by atoms with Crippen molar-refractivity contribution >= 4 is 0 Å². The van der Waals surface area contributed by atoms with Crippen molar-refractivity contribution in [2.45, 2.75) is 25.7 Å². The zero-order valence-corrected chi connectivity index (χ0v) is 12.5. The maximum absolute atomic E-state index is 12.8. The number of aromatic nitrogens is 3. The van der Waals surface area contributed by atoms with Crippen LogP contribution in [0.1, 0.15) is 24.2 Å². The normalized spacial score (nSPS) is 14.2. The van der Waals surface area contributed by atoms with Gasteiger partial charge in [0.15, 0.2) is 0 Å². The van der Waals surface area contributed by atoms with Gasteiger partial charge in [0, 0.05) is 24.6 Å². The molecular weight excluding hydrogens is 278 g/mol. The number of benzene rings is 1. The highest BCUT2D eigenvalue weighted by Gasteiger charge is 2.25. The molecule has 0 bridgehead atoms. The zero-order valence-electron chi connectivity index (χ0n) is 12.5. The van der Waals surface area contributed by atoms with E-state index in [1.165, 1.54) is 4.57 Å². The molecule has 0 fully saturated rings. The van der Waals surface area contributed by atoms with Gasteiger partial charge in [-0.2, -0.15) is 0 Å². The quantitative estimate of drug-likeness (QED) is 0.685. The Morgan fingerprint density at radius 2 is 1.59 bits per heavy atom. The van der Waals surface area contributed by atoms with Crippen LogP contribution in [-0.2, 0) is 19.9 Å². The maximum atomic E-state index is 12.8. The van der Waals surface area contributed by atoms with E-state index in [1.54, 1.807) is 22.9 Å². The van der Waals surface area contributed by atoms with E-state index in [1.807, 2.05) is 29.8 Å². The van der Waals surface area contributed by atoms with E-state index in [4.69, 9.17) is 0 Å². The monoisotopic (exact) mass is 295 g/mol. The minimum atomic E-state index is -0.259. The first-order chi connectivity index (χ1) is 10.7. The fourth-order valence-electron chi connectivity index (χ4n) is 3.43. The average Bonchev–Trinajstić information content (AvgIpc) is 2.80. The molecule has 1 aromatic rings. The number of hydrogen-bond donors (Lipinski definition) is 0. The molecule has 0 radical (unpaired) electrons. The second-order valence-corrected chi connectivity index (χ2v) is 5.82. The topological polar surface area (TPSA) is 48.9 Å². The van der Waals surface area contributed by atoms with E-state index in [0.29, 0.717) is 11.4 Å². The highest BCUT2D eigenvalue weighted by molar-refractivity contribution is 5.41. The summed E-state index contributed by atoms with van der Waals surface area (Å²) in [4.78, 5) is 25.6. The van der Waals surface area contributed by atoms with Crippen molar-refractivity contribution in [3.8, 4) is 11.4 Å². The molecular formula is C17H17N3O2. The molecule has 0 spiro atoms. The number of rotatable bonds is 1. The van der Waals surface area contributed by atoms with Gasteiger partial charge in [0.25, 0.3) is 5.56 Å². The average molecular weight is 295 g/mol. The molecule has 22 heavy (non-hydrogen) atoms. The molecule has 4 rings (SSSR count). The molecule has 5 heteroatoms. The van der Waals surface area contributed by atoms with Crippen LogP contribution in [0, 0.1) is 0 Å². The molecule has 5 nitrogen and oxygen atoms in total. The predicted octanol–water partition coefficient (Wildman–Crippen LogP) is 1.64. The van der Waals surface area contributed by atoms with Gasteiger partial charge >= 0.3 is 5.69 Å². The third-order valence-electron chi connectivity index (χ3n) is 4.48. The first-order valence-corrected chi connectivity index (χ1v) is 7.59. The number of hydrogen-bond acceptors (Lipinski definition) is 2. The molecule has 3 aliphatic rings. The smallest absolute Gasteiger partial charge is 0.340 e. The van der Waals surface area contributed by atoms with Gasteiger partial charge in [0.05, 0.1) is 5.69 Å². The molecule has 0 atom stereocenters. The van der Waals surface area contributed by atoms with Gasteiger partial charge < -0.3 is 4.57 Å². The molecule has 0 amide bonds. The van der Waals surface area contributed by atoms with E-state index < -0.39 is 0 Å². The highest BCUT2D eigenvalue weighted by atomic mass is 16.2. The van der Waals surface area contributed by atoms with Crippen LogP contribution in [0.4, 0.5) is 0 Å². The van der Waals surface area contributed by atoms with Gasteiger partial charge in [-0.25, -0.2) is 9.36 Å². The Morgan fingerprint density at radius 1 is 0.909 bits per heavy atom. The third kappa shape index (κ3) is 1.71. The molecule has 0 saturated heterocycles. The van der Waals surface area contributed by atoms with Crippen LogP contribution < -0.4 is 11.2 Å². The Morgan fingerprint density at radius 3 is 2.32 bits per heavy atom. The molecule has 0 saturated carbocycles. The summed E-state index contributed by atoms with van der Waals surface area (Å²) >= 11 is 0. The molecule has 1 aliphatic carbocycles. The largest absolute Gasteiger partial charge is 0.351 e. The minimum absolute atomic E-state index is 0.250. The van der Waals surface area contributed by atoms with E-state index in [0.717, 1.165) is 37.1 Å². The Bertz CT molecular complexity index is 931. The van der Waals surface area contributed by atoms with Gasteiger partial charge in [-0.05, 0) is 37.8 Å². The lowest BCUT2D eigenvalue weighted by Crippen LogP contribution is -2.28. The Labute approximate surface area is 127 Å². The van der Waals surface area contributed by atoms with Crippen molar-refractivity contribution in [2.24, 2.45) is 7.05 Å². The molecule has 0 aromatic heterocycles. The van der Waals surface area contributed by atoms with E-state index in [9.17, 15) is 9.59 Å². The number of aryl methyl sites for hydroxylation is 1. The van der Waals surface area contributed by atoms with Gasteiger partial charge in [-0.15, -0.1) is 0 Å². The molecule has 0 N–H and O–H groups in total. The summed E-state index contributed by atoms with van der Waals surface area (Å²) < 4.78 is 4.88. The first-order valence-electron chi connectivity index (χ1n) is 7.59. The predicted molar refractivity (Wildman–Crippen MR) is 84.4 cm³/mol. The minimum Gasteiger partial charge on any atom is -0.351 e. The number of fused-ring (bicyclic) bond motifs is 3. The van der Waals surface area contributed by atoms with Crippen LogP contribution >= 0.6 is 0 Å². The zero-order chi connectivity index (χ0) is 15.3. The van der Waals surface area contributed by atoms with Crippen molar-refractivity contribution in [2.75, 3.05) is 0 Å². The van der Waals surface area contributed by atoms with Crippen molar-refractivity contribution in [3.63, 3.8) is 0 Å². The fraction of sp³-hybridized carbons (Fsp3) is 0.294. The van der Waals surface area contributed by atoms with E-state index >= 15 is 0 Å². The van der Waals surface area contributed by atoms with Crippen molar-refractivity contribution < 1.29 is 0 Å². The molecule has 2 heterocycles. The van der Waals surface area contributed by atoms with Crippen LogP contribution in [0.15, 0.2) is 46.1 Å². The van der Waals surface area contributed by atoms with Gasteiger partial charge in [0.1, 0.15) is 5.69 Å². The second-order valence-electron chi connectivity index (χ2n) is 5.82. The van der Waals surface area contributed by atoms with Crippen LogP contribution in [-0.4, -0.2) is 13.7 Å². The van der Waals surface area contributed by atoms with Crippen molar-refractivity contribution in [3.05, 3.63) is 68.8 Å². The third-order valence-corrected chi connectivity index (χ3v) is 4.48. The summed E-state index contributed by atoms with van der Waals surface area (Å²) in [7, 11) is 1.95. The van der Waals surface area contributed by atoms with E-state index in [2.05, 4.69) is 0 Å². The summed E-state index contributed by atoms with van der Waals surface area (Å²) in [6, 6.07) is 9.11. The number of nitrogens with zero attached hydrogens (tertiary/aromatic N) is 3. The summed E-state index contributed by atoms with van der Waals surface area (Å²) in [5.74, 6) is 0. The van der Waals surface area contributed by atoms with Gasteiger partial charge in [-0.3, -0.25) is 9.36 Å². The maximum Gasteiger partial charge on any atom is 0.340 e. The van der Waals surface area contributed by atoms with Crippen molar-refractivity contribution in [1.82, 2.24) is 13.7 Å². The van der Waals surface area contributed by atoms with E-state index in [-0.39, 0.29) is 11.2 Å². The second kappa shape index (κ2) is 4.73. The Kier molecular flexibility index (Phi) is 2.82. The summed E-state index contributed by atoms with van der Waals surface area (Å²) in [5.41, 5.74) is 2.71. The lowest BCUT2D eigenvalue weighted by molar-refractivity contribution is 0.591. The standard InChI is InChI=1S/C17H17N3O2/c1-18-11-15-16(21)19(12-7-3-2-4-8-12)17(22)20(15)14-10-6-5-9-13(14)18/h2-4,7-8,11H,5-6,9-10H2,1H3. The molecule has 112 valence electrons. The lowest BCUT2D eigenvalue weighted by atomic mass is 9.99. The lowest BCUT2D eigenvalue weighted by Gasteiger charge is -2.22. The SMILES string of the molecule is Cn1cc2c(=O)n(-c3ccccc3)c(=O)n-2c2c1CCCC2. The molecule has 2 aliphatic heterocycles. The van der Waals surface area contributed by atoms with Gasteiger partial charge in [0.2, 0.25) is 0 Å². The summed E-state index contributed by atoms with van der Waals surface area (Å²) in [6.45, 7) is 0. The summed E-state index contributed by atoms with van der Waals surface area (Å²) in [5, 5.41) is 0. The van der Waals surface area contributed by atoms with Gasteiger partial charge in [-0.1, -0.05) is 18.2 Å². The fourth-order valence-corrected chi connectivity index (χ4v) is 3.43. The Balaban J connectivity index is 2.12. The Hall–Kier alpha value is -2.56. The summed E-state index contributed by atoms with van der Waals surface area (Å²) in [6.07, 6.45) is 5.78. The van der Waals surface area contributed by atoms with Crippen LogP contribution in [0.2, 0.25) is 0 Å². The first kappa shape index (κ1) is 13.1. The van der Waals surface area contributed by atoms with Crippen LogP contribution in [0.5, 0.6) is 0 Å². The van der Waals surface area contributed by atoms with Crippen molar-refractivity contribution in [1.29, 1.82) is 0 Å². The molecule has 0 unspecified atom stereocenters. The molecule has 1 aromatic carbocycles. The number of imidazole rings is 1. The number of para-hydroxylation sites is 1.